The van der Waals surface area contributed by atoms with Crippen LogP contribution in [0.4, 0.5) is 0 Å². The molecule has 0 amide bonds. The Balaban J connectivity index is 2.85. The zero-order chi connectivity index (χ0) is 10.8. The normalized spacial score (nSPS) is 28.4. The first-order valence-electron chi connectivity index (χ1n) is 4.56. The fourth-order valence-electron chi connectivity index (χ4n) is 1.91. The summed E-state index contributed by atoms with van der Waals surface area (Å²) in [5.74, 6) is -1.05. The molecule has 0 bridgehead atoms. The summed E-state index contributed by atoms with van der Waals surface area (Å²) in [6.45, 7) is 0. The maximum absolute atomic E-state index is 11.3. The van der Waals surface area contributed by atoms with E-state index in [1.807, 2.05) is 0 Å². The van der Waals surface area contributed by atoms with E-state index in [0.29, 0.717) is 12.8 Å². The van der Waals surface area contributed by atoms with Crippen LogP contribution in [0.15, 0.2) is 0 Å². The molecule has 1 aliphatic carbocycles. The van der Waals surface area contributed by atoms with Crippen molar-refractivity contribution in [3.05, 3.63) is 0 Å². The molecule has 0 heterocycles. The molecule has 1 fully saturated rings. The summed E-state index contributed by atoms with van der Waals surface area (Å²) in [6, 6.07) is 0. The lowest BCUT2D eigenvalue weighted by Crippen LogP contribution is -2.41. The first kappa shape index (κ1) is 11.5. The molecule has 1 aliphatic rings. The van der Waals surface area contributed by atoms with Gasteiger partial charge in [0.1, 0.15) is 0 Å². The van der Waals surface area contributed by atoms with Crippen LogP contribution in [0.2, 0.25) is 0 Å². The summed E-state index contributed by atoms with van der Waals surface area (Å²) in [4.78, 5) is 11.3. The molecular formula is C8H15NO4S. The lowest BCUT2D eigenvalue weighted by atomic mass is 9.89. The first-order chi connectivity index (χ1) is 6.46. The average molecular weight is 221 g/mol. The quantitative estimate of drug-likeness (QED) is 0.665. The standard InChI is InChI=1S/C8H15NO4S/c1-13-8(10)6-4-2-3-5-7(6)14(9,11)12/h6-7H,2-5H2,1H3,(H2,9,11,12). The van der Waals surface area contributed by atoms with Crippen molar-refractivity contribution in [3.8, 4) is 0 Å². The number of esters is 1. The van der Waals surface area contributed by atoms with E-state index in [4.69, 9.17) is 5.14 Å². The van der Waals surface area contributed by atoms with Crippen LogP contribution >= 0.6 is 0 Å². The summed E-state index contributed by atoms with van der Waals surface area (Å²) in [5.41, 5.74) is 0. The summed E-state index contributed by atoms with van der Waals surface area (Å²) < 4.78 is 26.9. The summed E-state index contributed by atoms with van der Waals surface area (Å²) in [7, 11) is -2.37. The van der Waals surface area contributed by atoms with Gasteiger partial charge in [-0.15, -0.1) is 0 Å². The van der Waals surface area contributed by atoms with Gasteiger partial charge < -0.3 is 4.74 Å². The third-order valence-electron chi connectivity index (χ3n) is 2.63. The second-order valence-corrected chi connectivity index (χ2v) is 5.33. The van der Waals surface area contributed by atoms with Crippen LogP contribution in [-0.2, 0) is 19.6 Å². The molecule has 5 nitrogen and oxygen atoms in total. The third-order valence-corrected chi connectivity index (χ3v) is 4.04. The zero-order valence-electron chi connectivity index (χ0n) is 8.10. The topological polar surface area (TPSA) is 86.5 Å². The van der Waals surface area contributed by atoms with Gasteiger partial charge in [-0.2, -0.15) is 0 Å². The Hall–Kier alpha value is -0.620. The fourth-order valence-corrected chi connectivity index (χ4v) is 3.11. The highest BCUT2D eigenvalue weighted by Gasteiger charge is 2.38. The summed E-state index contributed by atoms with van der Waals surface area (Å²) in [6.07, 6.45) is 2.66. The molecule has 14 heavy (non-hydrogen) atoms. The van der Waals surface area contributed by atoms with Gasteiger partial charge in [-0.3, -0.25) is 4.79 Å². The van der Waals surface area contributed by atoms with E-state index >= 15 is 0 Å². The number of carbonyl (C=O) groups is 1. The van der Waals surface area contributed by atoms with Gasteiger partial charge >= 0.3 is 5.97 Å². The molecule has 0 aromatic rings. The Morgan fingerprint density at radius 2 is 1.93 bits per heavy atom. The van der Waals surface area contributed by atoms with Crippen LogP contribution in [0.25, 0.3) is 0 Å². The Labute approximate surface area is 83.7 Å². The van der Waals surface area contributed by atoms with Gasteiger partial charge in [-0.05, 0) is 12.8 Å². The highest BCUT2D eigenvalue weighted by molar-refractivity contribution is 7.89. The molecule has 82 valence electrons. The number of rotatable bonds is 2. The predicted octanol–water partition coefficient (Wildman–Crippen LogP) is 0.00670. The van der Waals surface area contributed by atoms with E-state index < -0.39 is 27.2 Å². The molecule has 0 spiro atoms. The minimum absolute atomic E-state index is 0.457. The molecular weight excluding hydrogens is 206 g/mol. The van der Waals surface area contributed by atoms with Crippen LogP contribution in [0.3, 0.4) is 0 Å². The highest BCUT2D eigenvalue weighted by atomic mass is 32.2. The van der Waals surface area contributed by atoms with Crippen molar-refractivity contribution in [3.63, 3.8) is 0 Å². The molecule has 2 atom stereocenters. The van der Waals surface area contributed by atoms with E-state index in [1.54, 1.807) is 0 Å². The van der Waals surface area contributed by atoms with Crippen molar-refractivity contribution < 1.29 is 17.9 Å². The molecule has 6 heteroatoms. The van der Waals surface area contributed by atoms with Crippen molar-refractivity contribution in [2.75, 3.05) is 7.11 Å². The molecule has 0 aromatic heterocycles. The van der Waals surface area contributed by atoms with Crippen LogP contribution < -0.4 is 5.14 Å². The number of methoxy groups -OCH3 is 1. The van der Waals surface area contributed by atoms with E-state index in [-0.39, 0.29) is 0 Å². The number of carbonyl (C=O) groups excluding carboxylic acids is 1. The molecule has 1 rings (SSSR count). The molecule has 2 N–H and O–H groups in total. The fraction of sp³-hybridized carbons (Fsp3) is 0.875. The molecule has 0 aliphatic heterocycles. The Kier molecular flexibility index (Phi) is 3.49. The van der Waals surface area contributed by atoms with Gasteiger partial charge in [0.2, 0.25) is 10.0 Å². The average Bonchev–Trinajstić information content (AvgIpc) is 2.15. The number of ether oxygens (including phenoxy) is 1. The van der Waals surface area contributed by atoms with Gasteiger partial charge in [0, 0.05) is 0 Å². The zero-order valence-corrected chi connectivity index (χ0v) is 8.92. The number of nitrogens with two attached hydrogens (primary N) is 1. The summed E-state index contributed by atoms with van der Waals surface area (Å²) in [5, 5.41) is 4.30. The van der Waals surface area contributed by atoms with Crippen LogP contribution in [0, 0.1) is 5.92 Å². The largest absolute Gasteiger partial charge is 0.469 e. The SMILES string of the molecule is COC(=O)C1CCCCC1S(N)(=O)=O. The Morgan fingerprint density at radius 3 is 2.43 bits per heavy atom. The van der Waals surface area contributed by atoms with Crippen LogP contribution in [0.5, 0.6) is 0 Å². The van der Waals surface area contributed by atoms with Gasteiger partial charge in [0.25, 0.3) is 0 Å². The number of primary sulfonamides is 1. The third kappa shape index (κ3) is 2.45. The monoisotopic (exact) mass is 221 g/mol. The highest BCUT2D eigenvalue weighted by Crippen LogP contribution is 2.29. The molecule has 0 aromatic carbocycles. The lowest BCUT2D eigenvalue weighted by Gasteiger charge is -2.27. The molecule has 0 saturated heterocycles. The maximum atomic E-state index is 11.3. The van der Waals surface area contributed by atoms with Crippen molar-refractivity contribution in [2.24, 2.45) is 11.1 Å². The minimum atomic E-state index is -3.63. The van der Waals surface area contributed by atoms with Crippen molar-refractivity contribution in [2.45, 2.75) is 30.9 Å². The Morgan fingerprint density at radius 1 is 1.36 bits per heavy atom. The van der Waals surface area contributed by atoms with Crippen molar-refractivity contribution in [1.29, 1.82) is 0 Å². The van der Waals surface area contributed by atoms with Gasteiger partial charge in [0.15, 0.2) is 0 Å². The van der Waals surface area contributed by atoms with Crippen molar-refractivity contribution >= 4 is 16.0 Å². The lowest BCUT2D eigenvalue weighted by molar-refractivity contribution is -0.146. The first-order valence-corrected chi connectivity index (χ1v) is 6.17. The van der Waals surface area contributed by atoms with Crippen molar-refractivity contribution in [1.82, 2.24) is 0 Å². The second kappa shape index (κ2) is 4.27. The van der Waals surface area contributed by atoms with Gasteiger partial charge in [0.05, 0.1) is 18.3 Å². The van der Waals surface area contributed by atoms with Crippen LogP contribution in [-0.4, -0.2) is 26.7 Å². The molecule has 0 radical (unpaired) electrons. The van der Waals surface area contributed by atoms with E-state index in [9.17, 15) is 13.2 Å². The van der Waals surface area contributed by atoms with Gasteiger partial charge in [-0.1, -0.05) is 12.8 Å². The van der Waals surface area contributed by atoms with Gasteiger partial charge in [-0.25, -0.2) is 13.6 Å². The smallest absolute Gasteiger partial charge is 0.310 e. The number of hydrogen-bond donors (Lipinski definition) is 1. The van der Waals surface area contributed by atoms with E-state index in [0.717, 1.165) is 12.8 Å². The van der Waals surface area contributed by atoms with Crippen LogP contribution in [0.1, 0.15) is 25.7 Å². The second-order valence-electron chi connectivity index (χ2n) is 3.54. The van der Waals surface area contributed by atoms with E-state index in [1.165, 1.54) is 7.11 Å². The summed E-state index contributed by atoms with van der Waals surface area (Å²) >= 11 is 0. The minimum Gasteiger partial charge on any atom is -0.469 e. The Bertz CT molecular complexity index is 311. The van der Waals surface area contributed by atoms with E-state index in [2.05, 4.69) is 4.74 Å². The maximum Gasteiger partial charge on any atom is 0.310 e. The number of hydrogen-bond acceptors (Lipinski definition) is 4. The predicted molar refractivity (Wildman–Crippen MR) is 50.9 cm³/mol. The molecule has 2 unspecified atom stereocenters. The number of sulfonamides is 1. The molecule has 1 saturated carbocycles.